The molecule has 5 heteroatoms. The Kier molecular flexibility index (Phi) is 3.42. The van der Waals surface area contributed by atoms with E-state index in [2.05, 4.69) is 11.6 Å². The fraction of sp³-hybridized carbons (Fsp3) is 0.818. The first-order chi connectivity index (χ1) is 7.63. The van der Waals surface area contributed by atoms with Crippen molar-refractivity contribution < 1.29 is 9.59 Å². The Labute approximate surface area is 100 Å². The number of rotatable bonds is 2. The van der Waals surface area contributed by atoms with Gasteiger partial charge in [-0.25, -0.2) is 4.79 Å². The number of nitrogens with one attached hydrogen (secondary N) is 1. The Morgan fingerprint density at radius 3 is 2.81 bits per heavy atom. The highest BCUT2D eigenvalue weighted by Gasteiger charge is 2.39. The highest BCUT2D eigenvalue weighted by Crippen LogP contribution is 2.33. The van der Waals surface area contributed by atoms with Gasteiger partial charge in [0.2, 0.25) is 5.91 Å². The van der Waals surface area contributed by atoms with Crippen LogP contribution in [-0.2, 0) is 4.79 Å². The standard InChI is InChI=1S/C11H18N2O2S/c1-7-6-13(11(15)12-10(7)14)8-4-3-5-9(8)16-2/h7-9H,3-6H2,1-2H3,(H,12,14,15). The summed E-state index contributed by atoms with van der Waals surface area (Å²) in [6.07, 6.45) is 5.53. The summed E-state index contributed by atoms with van der Waals surface area (Å²) in [5.41, 5.74) is 0. The number of thioether (sulfide) groups is 1. The normalized spacial score (nSPS) is 35.4. The molecular formula is C11H18N2O2S. The molecule has 1 N–H and O–H groups in total. The first kappa shape index (κ1) is 11.8. The van der Waals surface area contributed by atoms with E-state index in [1.165, 1.54) is 12.8 Å². The van der Waals surface area contributed by atoms with Crippen LogP contribution in [0.2, 0.25) is 0 Å². The SMILES string of the molecule is CSC1CCCC1N1CC(C)C(=O)NC1=O. The molecule has 2 aliphatic rings. The number of imide groups is 1. The zero-order valence-electron chi connectivity index (χ0n) is 9.73. The maximum absolute atomic E-state index is 11.8. The zero-order chi connectivity index (χ0) is 11.7. The Hall–Kier alpha value is -0.710. The molecule has 2 fully saturated rings. The smallest absolute Gasteiger partial charge is 0.320 e. The van der Waals surface area contributed by atoms with Crippen molar-refractivity contribution >= 4 is 23.7 Å². The van der Waals surface area contributed by atoms with E-state index >= 15 is 0 Å². The number of amides is 3. The number of carbonyl (C=O) groups is 2. The van der Waals surface area contributed by atoms with E-state index in [-0.39, 0.29) is 17.9 Å². The average Bonchev–Trinajstić information content (AvgIpc) is 2.71. The minimum Gasteiger partial charge on any atom is -0.320 e. The minimum atomic E-state index is -0.200. The van der Waals surface area contributed by atoms with Crippen LogP contribution < -0.4 is 5.32 Å². The van der Waals surface area contributed by atoms with Crippen LogP contribution in [0.5, 0.6) is 0 Å². The monoisotopic (exact) mass is 242 g/mol. The molecule has 3 amide bonds. The lowest BCUT2D eigenvalue weighted by Gasteiger charge is -2.37. The van der Waals surface area contributed by atoms with Gasteiger partial charge in [0, 0.05) is 17.8 Å². The molecule has 90 valence electrons. The minimum absolute atomic E-state index is 0.0826. The Balaban J connectivity index is 2.08. The molecule has 0 spiro atoms. The second-order valence-electron chi connectivity index (χ2n) is 4.62. The fourth-order valence-electron chi connectivity index (χ4n) is 2.59. The van der Waals surface area contributed by atoms with Crippen molar-refractivity contribution in [3.63, 3.8) is 0 Å². The van der Waals surface area contributed by atoms with Crippen LogP contribution in [0.15, 0.2) is 0 Å². The fourth-order valence-corrected chi connectivity index (χ4v) is 3.58. The predicted molar refractivity (Wildman–Crippen MR) is 64.4 cm³/mol. The van der Waals surface area contributed by atoms with Crippen molar-refractivity contribution in [3.05, 3.63) is 0 Å². The van der Waals surface area contributed by atoms with Crippen LogP contribution in [0.3, 0.4) is 0 Å². The highest BCUT2D eigenvalue weighted by atomic mass is 32.2. The van der Waals surface area contributed by atoms with E-state index < -0.39 is 0 Å². The van der Waals surface area contributed by atoms with Gasteiger partial charge in [-0.2, -0.15) is 11.8 Å². The molecule has 4 nitrogen and oxygen atoms in total. The summed E-state index contributed by atoms with van der Waals surface area (Å²) in [5, 5.41) is 2.97. The Morgan fingerprint density at radius 1 is 1.38 bits per heavy atom. The van der Waals surface area contributed by atoms with Crippen LogP contribution in [0, 0.1) is 5.92 Å². The molecule has 1 heterocycles. The molecule has 0 aromatic heterocycles. The molecule has 3 atom stereocenters. The summed E-state index contributed by atoms with van der Waals surface area (Å²) < 4.78 is 0. The molecule has 1 saturated carbocycles. The number of hydrogen-bond donors (Lipinski definition) is 1. The first-order valence-electron chi connectivity index (χ1n) is 5.77. The zero-order valence-corrected chi connectivity index (χ0v) is 10.5. The third-order valence-corrected chi connectivity index (χ3v) is 4.69. The van der Waals surface area contributed by atoms with E-state index in [4.69, 9.17) is 0 Å². The number of nitrogens with zero attached hydrogens (tertiary/aromatic N) is 1. The third-order valence-electron chi connectivity index (χ3n) is 3.53. The third kappa shape index (κ3) is 2.05. The topological polar surface area (TPSA) is 49.4 Å². The van der Waals surface area contributed by atoms with Crippen molar-refractivity contribution in [2.24, 2.45) is 5.92 Å². The van der Waals surface area contributed by atoms with Crippen LogP contribution in [0.4, 0.5) is 4.79 Å². The van der Waals surface area contributed by atoms with Gasteiger partial charge < -0.3 is 4.90 Å². The largest absolute Gasteiger partial charge is 0.324 e. The molecule has 0 radical (unpaired) electrons. The first-order valence-corrected chi connectivity index (χ1v) is 7.06. The van der Waals surface area contributed by atoms with Crippen LogP contribution >= 0.6 is 11.8 Å². The summed E-state index contributed by atoms with van der Waals surface area (Å²) in [4.78, 5) is 25.0. The molecule has 16 heavy (non-hydrogen) atoms. The molecule has 3 unspecified atom stereocenters. The van der Waals surface area contributed by atoms with Gasteiger partial charge in [0.15, 0.2) is 0 Å². The maximum atomic E-state index is 11.8. The molecule has 0 aromatic carbocycles. The lowest BCUT2D eigenvalue weighted by Crippen LogP contribution is -2.58. The number of carbonyl (C=O) groups excluding carboxylic acids is 2. The van der Waals surface area contributed by atoms with E-state index in [0.29, 0.717) is 17.8 Å². The summed E-state index contributed by atoms with van der Waals surface area (Å²) in [7, 11) is 0. The average molecular weight is 242 g/mol. The molecule has 0 aromatic rings. The number of hydrogen-bond acceptors (Lipinski definition) is 3. The van der Waals surface area contributed by atoms with E-state index in [1.54, 1.807) is 0 Å². The van der Waals surface area contributed by atoms with Crippen molar-refractivity contribution in [3.8, 4) is 0 Å². The van der Waals surface area contributed by atoms with Gasteiger partial charge in [-0.3, -0.25) is 10.1 Å². The van der Waals surface area contributed by atoms with Gasteiger partial charge in [0.25, 0.3) is 0 Å². The summed E-state index contributed by atoms with van der Waals surface area (Å²) >= 11 is 1.83. The molecule has 2 rings (SSSR count). The highest BCUT2D eigenvalue weighted by molar-refractivity contribution is 7.99. The number of urea groups is 1. The quantitative estimate of drug-likeness (QED) is 0.797. The van der Waals surface area contributed by atoms with Crippen LogP contribution in [0.25, 0.3) is 0 Å². The van der Waals surface area contributed by atoms with Crippen molar-refractivity contribution in [1.82, 2.24) is 10.2 Å². The van der Waals surface area contributed by atoms with Crippen molar-refractivity contribution in [1.29, 1.82) is 0 Å². The van der Waals surface area contributed by atoms with E-state index in [0.717, 1.165) is 6.42 Å². The van der Waals surface area contributed by atoms with Gasteiger partial charge >= 0.3 is 6.03 Å². The van der Waals surface area contributed by atoms with Crippen molar-refractivity contribution in [2.45, 2.75) is 37.5 Å². The summed E-state index contributed by atoms with van der Waals surface area (Å²) in [6.45, 7) is 2.45. The van der Waals surface area contributed by atoms with Gasteiger partial charge in [0.1, 0.15) is 0 Å². The Bertz CT molecular complexity index is 308. The Morgan fingerprint density at radius 2 is 2.12 bits per heavy atom. The lowest BCUT2D eigenvalue weighted by molar-refractivity contribution is -0.125. The maximum Gasteiger partial charge on any atom is 0.324 e. The molecule has 1 aliphatic heterocycles. The predicted octanol–water partition coefficient (Wildman–Crippen LogP) is 1.46. The van der Waals surface area contributed by atoms with Crippen molar-refractivity contribution in [2.75, 3.05) is 12.8 Å². The van der Waals surface area contributed by atoms with Crippen LogP contribution in [0.1, 0.15) is 26.2 Å². The molecular weight excluding hydrogens is 224 g/mol. The van der Waals surface area contributed by atoms with Gasteiger partial charge in [-0.15, -0.1) is 0 Å². The van der Waals surface area contributed by atoms with E-state index in [9.17, 15) is 9.59 Å². The van der Waals surface area contributed by atoms with Crippen LogP contribution in [-0.4, -0.2) is 40.9 Å². The summed E-state index contributed by atoms with van der Waals surface area (Å²) in [5.74, 6) is -0.222. The van der Waals surface area contributed by atoms with Gasteiger partial charge in [0.05, 0.1) is 5.92 Å². The molecule has 1 aliphatic carbocycles. The second kappa shape index (κ2) is 4.65. The second-order valence-corrected chi connectivity index (χ2v) is 5.70. The molecule has 0 bridgehead atoms. The van der Waals surface area contributed by atoms with Gasteiger partial charge in [-0.05, 0) is 19.1 Å². The van der Waals surface area contributed by atoms with E-state index in [1.807, 2.05) is 23.6 Å². The van der Waals surface area contributed by atoms with Gasteiger partial charge in [-0.1, -0.05) is 13.3 Å². The summed E-state index contributed by atoms with van der Waals surface area (Å²) in [6, 6.07) is 0.111. The molecule has 1 saturated heterocycles. The lowest BCUT2D eigenvalue weighted by atomic mass is 10.1.